The maximum atomic E-state index is 14.7. The van der Waals surface area contributed by atoms with Crippen LogP contribution in [-0.2, 0) is 61.1 Å². The normalized spacial score (nSPS) is 14.9. The maximum Gasteiger partial charge on any atom is 0.408 e. The van der Waals surface area contributed by atoms with E-state index in [0.29, 0.717) is 19.8 Å². The molecular formula is C55H65N5O9. The number of morpholine rings is 1. The van der Waals surface area contributed by atoms with E-state index in [9.17, 15) is 24.0 Å². The Morgan fingerprint density at radius 1 is 0.522 bits per heavy atom. The Labute approximate surface area is 405 Å². The summed E-state index contributed by atoms with van der Waals surface area (Å²) in [7, 11) is 0. The highest BCUT2D eigenvalue weighted by molar-refractivity contribution is 5.90. The van der Waals surface area contributed by atoms with Crippen molar-refractivity contribution in [1.29, 1.82) is 0 Å². The summed E-state index contributed by atoms with van der Waals surface area (Å²) >= 11 is 0. The van der Waals surface area contributed by atoms with Gasteiger partial charge < -0.3 is 40.2 Å². The molecule has 69 heavy (non-hydrogen) atoms. The van der Waals surface area contributed by atoms with Crippen LogP contribution in [0, 0.1) is 11.8 Å². The van der Waals surface area contributed by atoms with Crippen molar-refractivity contribution in [3.05, 3.63) is 179 Å². The predicted octanol–water partition coefficient (Wildman–Crippen LogP) is 7.40. The van der Waals surface area contributed by atoms with E-state index in [-0.39, 0.29) is 31.6 Å². The number of benzene rings is 5. The predicted molar refractivity (Wildman–Crippen MR) is 263 cm³/mol. The SMILES string of the molecule is CC(C)[C@H](NC(=O)OCc1ccccc1)C(=O)NC(Cc1ccccc1)C(OC(=O)c1cccc(CN2CCOCC2)c1)C(Cc1ccccc1)NC(=O)[C@@H](NC(=O)OCc1ccccc1)C(C)C. The van der Waals surface area contributed by atoms with E-state index in [1.165, 1.54) is 0 Å². The topological polar surface area (TPSA) is 174 Å². The largest absolute Gasteiger partial charge is 0.454 e. The van der Waals surface area contributed by atoms with Crippen molar-refractivity contribution in [1.82, 2.24) is 26.2 Å². The molecule has 0 aromatic heterocycles. The zero-order valence-corrected chi connectivity index (χ0v) is 39.9. The van der Waals surface area contributed by atoms with Crippen molar-refractivity contribution in [2.45, 2.75) is 90.6 Å². The van der Waals surface area contributed by atoms with Crippen LogP contribution in [0.2, 0.25) is 0 Å². The number of carbonyl (C=O) groups excluding carboxylic acids is 5. The highest BCUT2D eigenvalue weighted by Crippen LogP contribution is 2.21. The van der Waals surface area contributed by atoms with Gasteiger partial charge in [0.25, 0.3) is 0 Å². The second-order valence-electron chi connectivity index (χ2n) is 17.9. The maximum absolute atomic E-state index is 14.7. The first kappa shape index (κ1) is 51.4. The number of alkyl carbamates (subject to hydrolysis) is 2. The van der Waals surface area contributed by atoms with Gasteiger partial charge in [-0.05, 0) is 64.6 Å². The van der Waals surface area contributed by atoms with Gasteiger partial charge in [0.15, 0.2) is 0 Å². The van der Waals surface area contributed by atoms with Crippen molar-refractivity contribution >= 4 is 30.0 Å². The lowest BCUT2D eigenvalue weighted by atomic mass is 9.90. The zero-order chi connectivity index (χ0) is 49.0. The molecule has 5 aromatic carbocycles. The van der Waals surface area contributed by atoms with E-state index < -0.39 is 72.1 Å². The molecule has 4 amide bonds. The summed E-state index contributed by atoms with van der Waals surface area (Å²) in [6, 6.07) is 40.4. The van der Waals surface area contributed by atoms with Gasteiger partial charge in [-0.3, -0.25) is 14.5 Å². The molecule has 14 nitrogen and oxygen atoms in total. The smallest absolute Gasteiger partial charge is 0.408 e. The second kappa shape index (κ2) is 26.5. The minimum atomic E-state index is -1.23. The summed E-state index contributed by atoms with van der Waals surface area (Å²) in [5.74, 6) is -2.58. The monoisotopic (exact) mass is 939 g/mol. The molecule has 1 aliphatic heterocycles. The fraction of sp³-hybridized carbons (Fsp3) is 0.364. The van der Waals surface area contributed by atoms with Crippen molar-refractivity contribution in [3.8, 4) is 0 Å². The van der Waals surface area contributed by atoms with Crippen LogP contribution in [0.1, 0.15) is 65.9 Å². The van der Waals surface area contributed by atoms with Gasteiger partial charge in [-0.1, -0.05) is 161 Å². The van der Waals surface area contributed by atoms with Crippen LogP contribution in [0.15, 0.2) is 146 Å². The third kappa shape index (κ3) is 16.6. The van der Waals surface area contributed by atoms with Crippen molar-refractivity contribution < 1.29 is 42.9 Å². The van der Waals surface area contributed by atoms with Crippen LogP contribution in [0.4, 0.5) is 9.59 Å². The molecule has 14 heteroatoms. The first-order chi connectivity index (χ1) is 33.4. The molecule has 1 aliphatic rings. The first-order valence-corrected chi connectivity index (χ1v) is 23.6. The molecule has 0 spiro atoms. The lowest BCUT2D eigenvalue weighted by Gasteiger charge is -2.36. The number of rotatable bonds is 22. The van der Waals surface area contributed by atoms with Crippen LogP contribution in [-0.4, -0.2) is 91.4 Å². The Balaban J connectivity index is 1.35. The first-order valence-electron chi connectivity index (χ1n) is 23.6. The summed E-state index contributed by atoms with van der Waals surface area (Å²) in [5.41, 5.74) is 4.36. The second-order valence-corrected chi connectivity index (χ2v) is 17.9. The van der Waals surface area contributed by atoms with Crippen molar-refractivity contribution in [3.63, 3.8) is 0 Å². The fourth-order valence-corrected chi connectivity index (χ4v) is 8.08. The molecule has 1 heterocycles. The van der Waals surface area contributed by atoms with Crippen LogP contribution < -0.4 is 21.3 Å². The summed E-state index contributed by atoms with van der Waals surface area (Å²) < 4.78 is 23.2. The van der Waals surface area contributed by atoms with E-state index in [0.717, 1.165) is 40.9 Å². The van der Waals surface area contributed by atoms with Gasteiger partial charge in [-0.25, -0.2) is 14.4 Å². The highest BCUT2D eigenvalue weighted by atomic mass is 16.6. The molecule has 0 aliphatic carbocycles. The van der Waals surface area contributed by atoms with Gasteiger partial charge in [0, 0.05) is 19.6 Å². The molecule has 4 atom stereocenters. The number of nitrogens with one attached hydrogen (secondary N) is 4. The van der Waals surface area contributed by atoms with Crippen LogP contribution >= 0.6 is 0 Å². The van der Waals surface area contributed by atoms with Crippen LogP contribution in [0.25, 0.3) is 0 Å². The van der Waals surface area contributed by atoms with E-state index >= 15 is 0 Å². The summed E-state index contributed by atoms with van der Waals surface area (Å²) in [6.45, 7) is 10.6. The minimum Gasteiger partial charge on any atom is -0.454 e. The Kier molecular flexibility index (Phi) is 19.7. The van der Waals surface area contributed by atoms with Crippen molar-refractivity contribution in [2.75, 3.05) is 26.3 Å². The van der Waals surface area contributed by atoms with E-state index in [2.05, 4.69) is 26.2 Å². The van der Waals surface area contributed by atoms with Gasteiger partial charge in [0.05, 0.1) is 30.9 Å². The third-order valence-electron chi connectivity index (χ3n) is 11.8. The standard InChI is InChI=1S/C55H65N5O9/c1-38(2)48(58-54(64)67-36-42-22-13-7-14-23-42)51(61)56-46(33-40-18-9-5-10-19-40)50(69-53(63)45-27-17-26-44(32-45)35-60-28-30-66-31-29-60)47(34-41-20-11-6-12-21-41)57-52(62)49(39(3)4)59-55(65)68-37-43-24-15-8-16-25-43/h5-27,32,38-39,46-50H,28-31,33-37H2,1-4H3,(H,56,61)(H,57,62)(H,58,64)(H,59,65)/t46?,47?,48-,49-,50?/m0/s1. The lowest BCUT2D eigenvalue weighted by molar-refractivity contribution is -0.127. The quantitative estimate of drug-likeness (QED) is 0.0405. The molecule has 364 valence electrons. The van der Waals surface area contributed by atoms with Gasteiger partial charge >= 0.3 is 18.2 Å². The molecule has 4 N–H and O–H groups in total. The zero-order valence-electron chi connectivity index (χ0n) is 39.9. The number of carbonyl (C=O) groups is 5. The number of amides is 4. The number of hydrogen-bond donors (Lipinski definition) is 4. The summed E-state index contributed by atoms with van der Waals surface area (Å²) in [4.78, 5) is 72.9. The van der Waals surface area contributed by atoms with Crippen LogP contribution in [0.3, 0.4) is 0 Å². The van der Waals surface area contributed by atoms with Gasteiger partial charge in [0.2, 0.25) is 11.8 Å². The molecule has 1 fully saturated rings. The minimum absolute atomic E-state index is 0.000741. The Morgan fingerprint density at radius 2 is 0.928 bits per heavy atom. The van der Waals surface area contributed by atoms with Gasteiger partial charge in [-0.2, -0.15) is 0 Å². The van der Waals surface area contributed by atoms with Crippen molar-refractivity contribution in [2.24, 2.45) is 11.8 Å². The Morgan fingerprint density at radius 3 is 1.35 bits per heavy atom. The van der Waals surface area contributed by atoms with Gasteiger partial charge in [-0.15, -0.1) is 0 Å². The Hall–Kier alpha value is -7.03. The molecule has 6 rings (SSSR count). The molecule has 1 saturated heterocycles. The molecule has 5 aromatic rings. The number of esters is 1. The third-order valence-corrected chi connectivity index (χ3v) is 11.8. The van der Waals surface area contributed by atoms with Crippen LogP contribution in [0.5, 0.6) is 0 Å². The molecule has 2 unspecified atom stereocenters. The van der Waals surface area contributed by atoms with E-state index in [1.807, 2.05) is 127 Å². The molecule has 0 saturated carbocycles. The average molecular weight is 940 g/mol. The summed E-state index contributed by atoms with van der Waals surface area (Å²) in [6.07, 6.45) is -2.48. The summed E-state index contributed by atoms with van der Waals surface area (Å²) in [5, 5.41) is 11.8. The number of nitrogens with zero attached hydrogens (tertiary/aromatic N) is 1. The lowest BCUT2D eigenvalue weighted by Crippen LogP contribution is -2.62. The Bertz CT molecular complexity index is 2250. The van der Waals surface area contributed by atoms with Gasteiger partial charge in [0.1, 0.15) is 31.4 Å². The number of hydrogen-bond acceptors (Lipinski definition) is 10. The molecule has 0 bridgehead atoms. The molecular weight excluding hydrogens is 875 g/mol. The number of ether oxygens (including phenoxy) is 4. The highest BCUT2D eigenvalue weighted by Gasteiger charge is 2.39. The fourth-order valence-electron chi connectivity index (χ4n) is 8.08. The average Bonchev–Trinajstić information content (AvgIpc) is 3.36. The van der Waals surface area contributed by atoms with E-state index in [1.54, 1.807) is 45.9 Å². The molecule has 0 radical (unpaired) electrons. The van der Waals surface area contributed by atoms with E-state index in [4.69, 9.17) is 18.9 Å².